The molecule has 1 aromatic carbocycles. The van der Waals surface area contributed by atoms with Crippen LogP contribution in [-0.4, -0.2) is 20.7 Å². The maximum absolute atomic E-state index is 12.1. The summed E-state index contributed by atoms with van der Waals surface area (Å²) in [6.07, 6.45) is 2.01. The number of rotatable bonds is 3. The van der Waals surface area contributed by atoms with E-state index in [0.29, 0.717) is 13.0 Å². The lowest BCUT2D eigenvalue weighted by molar-refractivity contribution is -0.117. The van der Waals surface area contributed by atoms with Crippen molar-refractivity contribution in [1.82, 2.24) is 14.8 Å². The Kier molecular flexibility index (Phi) is 3.26. The molecule has 1 aliphatic rings. The molecule has 6 heteroatoms. The van der Waals surface area contributed by atoms with Crippen LogP contribution in [0.4, 0.5) is 5.69 Å². The molecule has 3 rings (SSSR count). The van der Waals surface area contributed by atoms with E-state index >= 15 is 0 Å². The molecule has 0 aliphatic carbocycles. The first-order valence-electron chi connectivity index (χ1n) is 6.14. The molecule has 19 heavy (non-hydrogen) atoms. The van der Waals surface area contributed by atoms with Crippen molar-refractivity contribution in [2.75, 3.05) is 4.90 Å². The first-order valence-corrected chi connectivity index (χ1v) is 7.22. The van der Waals surface area contributed by atoms with E-state index in [0.717, 1.165) is 27.2 Å². The highest BCUT2D eigenvalue weighted by Crippen LogP contribution is 2.31. The average Bonchev–Trinajstić information content (AvgIpc) is 2.95. The van der Waals surface area contributed by atoms with Crippen molar-refractivity contribution in [3.05, 3.63) is 39.5 Å². The fourth-order valence-corrected chi connectivity index (χ4v) is 2.90. The van der Waals surface area contributed by atoms with Crippen molar-refractivity contribution in [1.29, 1.82) is 0 Å². The number of carbonyl (C=O) groups is 1. The van der Waals surface area contributed by atoms with E-state index in [-0.39, 0.29) is 5.91 Å². The maximum Gasteiger partial charge on any atom is 0.231 e. The summed E-state index contributed by atoms with van der Waals surface area (Å²) in [5.41, 5.74) is 2.09. The highest BCUT2D eigenvalue weighted by atomic mass is 127. The van der Waals surface area contributed by atoms with Crippen molar-refractivity contribution in [3.8, 4) is 0 Å². The number of amides is 1. The Morgan fingerprint density at radius 1 is 1.42 bits per heavy atom. The van der Waals surface area contributed by atoms with Gasteiger partial charge in [-0.2, -0.15) is 5.10 Å². The number of carbonyl (C=O) groups excluding carboxylic acids is 1. The number of aryl methyl sites for hydroxylation is 1. The summed E-state index contributed by atoms with van der Waals surface area (Å²) < 4.78 is 2.97. The fraction of sp³-hybridized carbons (Fsp3) is 0.308. The third-order valence-electron chi connectivity index (χ3n) is 3.27. The lowest BCUT2D eigenvalue weighted by Gasteiger charge is -2.17. The standard InChI is InChI=1S/C13H13IN4O/c1-2-18-12(15-8-16-18)7-17-11-4-3-10(14)5-9(11)6-13(17)19/h3-5,8H,2,6-7H2,1H3. The molecule has 0 atom stereocenters. The number of hydrogen-bond acceptors (Lipinski definition) is 3. The number of benzene rings is 1. The maximum atomic E-state index is 12.1. The van der Waals surface area contributed by atoms with E-state index in [9.17, 15) is 4.79 Å². The fourth-order valence-electron chi connectivity index (χ4n) is 2.34. The molecule has 5 nitrogen and oxygen atoms in total. The van der Waals surface area contributed by atoms with E-state index in [2.05, 4.69) is 38.7 Å². The van der Waals surface area contributed by atoms with Crippen LogP contribution in [0, 0.1) is 3.57 Å². The van der Waals surface area contributed by atoms with E-state index in [1.54, 1.807) is 4.90 Å². The molecule has 0 radical (unpaired) electrons. The van der Waals surface area contributed by atoms with Gasteiger partial charge < -0.3 is 4.90 Å². The van der Waals surface area contributed by atoms with Crippen LogP contribution >= 0.6 is 22.6 Å². The molecule has 0 saturated carbocycles. The third kappa shape index (κ3) is 2.24. The summed E-state index contributed by atoms with van der Waals surface area (Å²) in [7, 11) is 0. The number of nitrogens with zero attached hydrogens (tertiary/aromatic N) is 4. The van der Waals surface area contributed by atoms with Crippen LogP contribution in [-0.2, 0) is 24.3 Å². The minimum absolute atomic E-state index is 0.127. The minimum atomic E-state index is 0.127. The van der Waals surface area contributed by atoms with Gasteiger partial charge in [0.05, 0.1) is 13.0 Å². The average molecular weight is 368 g/mol. The van der Waals surface area contributed by atoms with Gasteiger partial charge in [-0.15, -0.1) is 0 Å². The zero-order valence-corrected chi connectivity index (χ0v) is 12.7. The predicted octanol–water partition coefficient (Wildman–Crippen LogP) is 1.99. The van der Waals surface area contributed by atoms with Gasteiger partial charge in [0.25, 0.3) is 0 Å². The summed E-state index contributed by atoms with van der Waals surface area (Å²) >= 11 is 2.27. The Labute approximate surface area is 124 Å². The lowest BCUT2D eigenvalue weighted by atomic mass is 10.2. The Bertz CT molecular complexity index is 637. The molecular weight excluding hydrogens is 355 g/mol. The van der Waals surface area contributed by atoms with E-state index in [4.69, 9.17) is 0 Å². The van der Waals surface area contributed by atoms with Gasteiger partial charge in [0.2, 0.25) is 5.91 Å². The second-order valence-corrected chi connectivity index (χ2v) is 5.67. The van der Waals surface area contributed by atoms with Crippen LogP contribution in [0.25, 0.3) is 0 Å². The summed E-state index contributed by atoms with van der Waals surface area (Å²) in [6.45, 7) is 3.26. The van der Waals surface area contributed by atoms with Crippen molar-refractivity contribution in [2.45, 2.75) is 26.4 Å². The largest absolute Gasteiger partial charge is 0.304 e. The van der Waals surface area contributed by atoms with Crippen LogP contribution in [0.1, 0.15) is 18.3 Å². The van der Waals surface area contributed by atoms with Crippen LogP contribution in [0.15, 0.2) is 24.5 Å². The first kappa shape index (κ1) is 12.6. The molecule has 2 heterocycles. The number of anilines is 1. The Hall–Kier alpha value is -1.44. The molecule has 1 amide bonds. The molecule has 0 fully saturated rings. The van der Waals surface area contributed by atoms with Crippen LogP contribution in [0.5, 0.6) is 0 Å². The van der Waals surface area contributed by atoms with Gasteiger partial charge in [-0.25, -0.2) is 9.67 Å². The summed E-state index contributed by atoms with van der Waals surface area (Å²) in [4.78, 5) is 18.2. The molecule has 1 aromatic heterocycles. The monoisotopic (exact) mass is 368 g/mol. The van der Waals surface area contributed by atoms with Crippen molar-refractivity contribution >= 4 is 34.2 Å². The van der Waals surface area contributed by atoms with Crippen LogP contribution in [0.3, 0.4) is 0 Å². The number of aromatic nitrogens is 3. The van der Waals surface area contributed by atoms with Crippen molar-refractivity contribution < 1.29 is 4.79 Å². The summed E-state index contributed by atoms with van der Waals surface area (Å²) in [5.74, 6) is 0.949. The smallest absolute Gasteiger partial charge is 0.231 e. The SMILES string of the molecule is CCn1ncnc1CN1C(=O)Cc2cc(I)ccc21. The topological polar surface area (TPSA) is 51.0 Å². The molecule has 2 aromatic rings. The molecule has 1 aliphatic heterocycles. The Balaban J connectivity index is 1.92. The zero-order valence-electron chi connectivity index (χ0n) is 10.5. The van der Waals surface area contributed by atoms with Gasteiger partial charge in [-0.3, -0.25) is 4.79 Å². The van der Waals surface area contributed by atoms with Crippen LogP contribution in [0.2, 0.25) is 0 Å². The first-order chi connectivity index (χ1) is 9.19. The minimum Gasteiger partial charge on any atom is -0.304 e. The van der Waals surface area contributed by atoms with Gasteiger partial charge >= 0.3 is 0 Å². The molecule has 0 saturated heterocycles. The van der Waals surface area contributed by atoms with E-state index < -0.39 is 0 Å². The second-order valence-electron chi connectivity index (χ2n) is 4.42. The Morgan fingerprint density at radius 3 is 3.05 bits per heavy atom. The summed E-state index contributed by atoms with van der Waals surface area (Å²) in [5, 5.41) is 4.14. The number of hydrogen-bond donors (Lipinski definition) is 0. The quantitative estimate of drug-likeness (QED) is 0.779. The number of halogens is 1. The summed E-state index contributed by atoms with van der Waals surface area (Å²) in [6, 6.07) is 6.10. The molecule has 0 bridgehead atoms. The molecule has 0 spiro atoms. The second kappa shape index (κ2) is 4.92. The highest BCUT2D eigenvalue weighted by Gasteiger charge is 2.28. The van der Waals surface area contributed by atoms with Gasteiger partial charge in [0.15, 0.2) is 0 Å². The van der Waals surface area contributed by atoms with E-state index in [1.807, 2.05) is 23.7 Å². The predicted molar refractivity (Wildman–Crippen MR) is 79.7 cm³/mol. The third-order valence-corrected chi connectivity index (χ3v) is 3.94. The molecule has 0 N–H and O–H groups in total. The van der Waals surface area contributed by atoms with Gasteiger partial charge in [-0.1, -0.05) is 0 Å². The van der Waals surface area contributed by atoms with Crippen molar-refractivity contribution in [2.24, 2.45) is 0 Å². The lowest BCUT2D eigenvalue weighted by Crippen LogP contribution is -2.27. The van der Waals surface area contributed by atoms with Gasteiger partial charge in [-0.05, 0) is 53.3 Å². The zero-order chi connectivity index (χ0) is 13.4. The Morgan fingerprint density at radius 2 is 2.26 bits per heavy atom. The normalized spacial score (nSPS) is 14.0. The van der Waals surface area contributed by atoms with Crippen LogP contribution < -0.4 is 4.90 Å². The molecular formula is C13H13IN4O. The highest BCUT2D eigenvalue weighted by molar-refractivity contribution is 14.1. The van der Waals surface area contributed by atoms with E-state index in [1.165, 1.54) is 6.33 Å². The van der Waals surface area contributed by atoms with Crippen molar-refractivity contribution in [3.63, 3.8) is 0 Å². The van der Waals surface area contributed by atoms with Gasteiger partial charge in [0.1, 0.15) is 12.2 Å². The molecule has 98 valence electrons. The van der Waals surface area contributed by atoms with Gasteiger partial charge in [0, 0.05) is 15.8 Å². The number of fused-ring (bicyclic) bond motifs is 1. The molecule has 0 unspecified atom stereocenters.